The van der Waals surface area contributed by atoms with Crippen LogP contribution in [-0.4, -0.2) is 31.8 Å². The molecule has 0 saturated carbocycles. The molecule has 94 valence electrons. The third-order valence-electron chi connectivity index (χ3n) is 3.87. The molecule has 2 unspecified atom stereocenters. The molecule has 2 atom stereocenters. The first kappa shape index (κ1) is 12.4. The van der Waals surface area contributed by atoms with Gasteiger partial charge in [0.05, 0.1) is 11.6 Å². The molecule has 1 aliphatic heterocycles. The predicted octanol–water partition coefficient (Wildman–Crippen LogP) is 2.02. The van der Waals surface area contributed by atoms with E-state index in [2.05, 4.69) is 43.1 Å². The van der Waals surface area contributed by atoms with Crippen molar-refractivity contribution in [2.45, 2.75) is 31.4 Å². The molecule has 1 heterocycles. The lowest BCUT2D eigenvalue weighted by Gasteiger charge is -2.47. The number of likely N-dealkylation sites (N-methyl/N-ethyl adjacent to an activating group) is 1. The highest BCUT2D eigenvalue weighted by atomic mass is 16.5. The van der Waals surface area contributed by atoms with Gasteiger partial charge in [-0.15, -0.1) is 0 Å². The Kier molecular flexibility index (Phi) is 3.69. The van der Waals surface area contributed by atoms with E-state index in [1.54, 1.807) is 0 Å². The van der Waals surface area contributed by atoms with E-state index in [1.165, 1.54) is 5.69 Å². The molecular formula is C14H22N2O. The topological polar surface area (TPSA) is 38.5 Å². The smallest absolute Gasteiger partial charge is 0.0569 e. The Bertz CT molecular complexity index is 354. The molecule has 1 saturated heterocycles. The maximum atomic E-state index is 6.04. The van der Waals surface area contributed by atoms with E-state index in [9.17, 15) is 0 Å². The van der Waals surface area contributed by atoms with Gasteiger partial charge >= 0.3 is 0 Å². The molecule has 2 rings (SSSR count). The van der Waals surface area contributed by atoms with Crippen molar-refractivity contribution in [1.82, 2.24) is 0 Å². The predicted molar refractivity (Wildman–Crippen MR) is 71.3 cm³/mol. The summed E-state index contributed by atoms with van der Waals surface area (Å²) in [6.07, 6.45) is 2.28. The van der Waals surface area contributed by atoms with Crippen molar-refractivity contribution in [3.8, 4) is 0 Å². The Morgan fingerprint density at radius 1 is 1.41 bits per heavy atom. The van der Waals surface area contributed by atoms with E-state index in [1.807, 2.05) is 6.07 Å². The summed E-state index contributed by atoms with van der Waals surface area (Å²) >= 11 is 0. The fourth-order valence-electron chi connectivity index (χ4n) is 2.70. The second-order valence-corrected chi connectivity index (χ2v) is 4.96. The quantitative estimate of drug-likeness (QED) is 0.869. The summed E-state index contributed by atoms with van der Waals surface area (Å²) in [6, 6.07) is 10.5. The monoisotopic (exact) mass is 234 g/mol. The summed E-state index contributed by atoms with van der Waals surface area (Å²) in [4.78, 5) is 2.33. The molecule has 0 amide bonds. The normalized spacial score (nSPS) is 29.0. The van der Waals surface area contributed by atoms with Gasteiger partial charge in [0.15, 0.2) is 0 Å². The summed E-state index contributed by atoms with van der Waals surface area (Å²) < 4.78 is 5.64. The highest BCUT2D eigenvalue weighted by molar-refractivity contribution is 5.48. The Morgan fingerprint density at radius 3 is 2.71 bits per heavy atom. The maximum absolute atomic E-state index is 6.04. The SMILES string of the molecule is CC1CC(CN)(N(C)c2ccccc2)CCO1. The summed E-state index contributed by atoms with van der Waals surface area (Å²) in [5.41, 5.74) is 7.31. The van der Waals surface area contributed by atoms with Gasteiger partial charge in [0, 0.05) is 25.9 Å². The fraction of sp³-hybridized carbons (Fsp3) is 0.571. The molecule has 0 radical (unpaired) electrons. The molecule has 1 aliphatic rings. The zero-order valence-electron chi connectivity index (χ0n) is 10.7. The number of nitrogens with zero attached hydrogens (tertiary/aromatic N) is 1. The van der Waals surface area contributed by atoms with Gasteiger partial charge in [0.25, 0.3) is 0 Å². The van der Waals surface area contributed by atoms with Gasteiger partial charge in [-0.25, -0.2) is 0 Å². The summed E-state index contributed by atoms with van der Waals surface area (Å²) in [5, 5.41) is 0. The number of ether oxygens (including phenoxy) is 1. The lowest BCUT2D eigenvalue weighted by atomic mass is 9.85. The van der Waals surface area contributed by atoms with E-state index in [0.29, 0.717) is 12.6 Å². The first-order valence-electron chi connectivity index (χ1n) is 6.28. The fourth-order valence-corrected chi connectivity index (χ4v) is 2.70. The van der Waals surface area contributed by atoms with Crippen LogP contribution in [0.15, 0.2) is 30.3 Å². The van der Waals surface area contributed by atoms with Gasteiger partial charge in [-0.2, -0.15) is 0 Å². The van der Waals surface area contributed by atoms with Crippen molar-refractivity contribution in [3.63, 3.8) is 0 Å². The third kappa shape index (κ3) is 2.45. The van der Waals surface area contributed by atoms with Crippen LogP contribution in [0.1, 0.15) is 19.8 Å². The van der Waals surface area contributed by atoms with Crippen molar-refractivity contribution in [2.75, 3.05) is 25.1 Å². The number of anilines is 1. The molecule has 0 aliphatic carbocycles. The van der Waals surface area contributed by atoms with Gasteiger partial charge in [-0.3, -0.25) is 0 Å². The Morgan fingerprint density at radius 2 is 2.12 bits per heavy atom. The van der Waals surface area contributed by atoms with Crippen molar-refractivity contribution >= 4 is 5.69 Å². The number of hydrogen-bond donors (Lipinski definition) is 1. The van der Waals surface area contributed by atoms with Crippen LogP contribution in [0.4, 0.5) is 5.69 Å². The van der Waals surface area contributed by atoms with E-state index >= 15 is 0 Å². The molecule has 0 bridgehead atoms. The van der Waals surface area contributed by atoms with Gasteiger partial charge in [-0.05, 0) is 31.9 Å². The largest absolute Gasteiger partial charge is 0.378 e. The molecule has 17 heavy (non-hydrogen) atoms. The molecular weight excluding hydrogens is 212 g/mol. The second kappa shape index (κ2) is 5.07. The van der Waals surface area contributed by atoms with E-state index in [-0.39, 0.29) is 5.54 Å². The van der Waals surface area contributed by atoms with E-state index < -0.39 is 0 Å². The highest BCUT2D eigenvalue weighted by Crippen LogP contribution is 2.32. The number of nitrogens with two attached hydrogens (primary N) is 1. The molecule has 1 aromatic carbocycles. The summed E-state index contributed by atoms with van der Waals surface area (Å²) in [5.74, 6) is 0. The van der Waals surface area contributed by atoms with Crippen molar-refractivity contribution in [3.05, 3.63) is 30.3 Å². The molecule has 1 fully saturated rings. The summed E-state index contributed by atoms with van der Waals surface area (Å²) in [6.45, 7) is 3.60. The van der Waals surface area contributed by atoms with Crippen molar-refractivity contribution < 1.29 is 4.74 Å². The third-order valence-corrected chi connectivity index (χ3v) is 3.87. The molecule has 0 aromatic heterocycles. The van der Waals surface area contributed by atoms with Crippen LogP contribution < -0.4 is 10.6 Å². The minimum absolute atomic E-state index is 0.0407. The van der Waals surface area contributed by atoms with Gasteiger partial charge in [-0.1, -0.05) is 18.2 Å². The second-order valence-electron chi connectivity index (χ2n) is 4.96. The number of rotatable bonds is 3. The molecule has 3 heteroatoms. The number of para-hydroxylation sites is 1. The minimum Gasteiger partial charge on any atom is -0.378 e. The number of hydrogen-bond acceptors (Lipinski definition) is 3. The highest BCUT2D eigenvalue weighted by Gasteiger charge is 2.38. The Balaban J connectivity index is 2.23. The zero-order chi connectivity index (χ0) is 12.3. The lowest BCUT2D eigenvalue weighted by Crippen LogP contribution is -2.57. The maximum Gasteiger partial charge on any atom is 0.0569 e. The van der Waals surface area contributed by atoms with Gasteiger partial charge in [0.1, 0.15) is 0 Å². The van der Waals surface area contributed by atoms with Crippen LogP contribution in [0.5, 0.6) is 0 Å². The number of benzene rings is 1. The summed E-state index contributed by atoms with van der Waals surface area (Å²) in [7, 11) is 2.14. The first-order valence-corrected chi connectivity index (χ1v) is 6.28. The van der Waals surface area contributed by atoms with E-state index in [4.69, 9.17) is 10.5 Å². The van der Waals surface area contributed by atoms with Crippen molar-refractivity contribution in [2.24, 2.45) is 5.73 Å². The average molecular weight is 234 g/mol. The van der Waals surface area contributed by atoms with Crippen LogP contribution >= 0.6 is 0 Å². The van der Waals surface area contributed by atoms with Crippen LogP contribution in [0.2, 0.25) is 0 Å². The van der Waals surface area contributed by atoms with Crippen LogP contribution in [0.3, 0.4) is 0 Å². The zero-order valence-corrected chi connectivity index (χ0v) is 10.7. The van der Waals surface area contributed by atoms with Gasteiger partial charge in [0.2, 0.25) is 0 Å². The molecule has 0 spiro atoms. The molecule has 2 N–H and O–H groups in total. The van der Waals surface area contributed by atoms with Gasteiger partial charge < -0.3 is 15.4 Å². The van der Waals surface area contributed by atoms with Crippen LogP contribution in [0.25, 0.3) is 0 Å². The average Bonchev–Trinajstić information content (AvgIpc) is 2.38. The van der Waals surface area contributed by atoms with E-state index in [0.717, 1.165) is 19.4 Å². The standard InChI is InChI=1S/C14H22N2O/c1-12-10-14(11-15,8-9-17-12)16(2)13-6-4-3-5-7-13/h3-7,12H,8-11,15H2,1-2H3. The lowest BCUT2D eigenvalue weighted by molar-refractivity contribution is -0.00638. The van der Waals surface area contributed by atoms with Crippen molar-refractivity contribution in [1.29, 1.82) is 0 Å². The molecule has 1 aromatic rings. The Labute approximate surface area is 104 Å². The van der Waals surface area contributed by atoms with Crippen LogP contribution in [-0.2, 0) is 4.74 Å². The van der Waals surface area contributed by atoms with Crippen LogP contribution in [0, 0.1) is 0 Å². The Hall–Kier alpha value is -1.06. The first-order chi connectivity index (χ1) is 8.18. The molecule has 3 nitrogen and oxygen atoms in total. The minimum atomic E-state index is 0.0407.